The molecule has 0 atom stereocenters. The van der Waals surface area contributed by atoms with E-state index in [1.165, 1.54) is 0 Å². The SMILES string of the molecule is CNc1ncc2c(n1)N(C)c1ccccc1C(=O)N2C. The van der Waals surface area contributed by atoms with Gasteiger partial charge in [0.15, 0.2) is 5.82 Å². The number of nitrogens with zero attached hydrogens (tertiary/aromatic N) is 4. The average Bonchev–Trinajstić information content (AvgIpc) is 2.58. The third kappa shape index (κ3) is 1.69. The van der Waals surface area contributed by atoms with Crippen LogP contribution in [0.5, 0.6) is 0 Å². The topological polar surface area (TPSA) is 61.4 Å². The van der Waals surface area contributed by atoms with Gasteiger partial charge >= 0.3 is 0 Å². The molecule has 1 aromatic carbocycles. The Bertz CT molecular complexity index is 685. The fourth-order valence-electron chi connectivity index (χ4n) is 2.32. The molecule has 0 radical (unpaired) electrons. The quantitative estimate of drug-likeness (QED) is 0.856. The van der Waals surface area contributed by atoms with Crippen molar-refractivity contribution in [3.8, 4) is 0 Å². The van der Waals surface area contributed by atoms with Crippen molar-refractivity contribution >= 4 is 29.0 Å². The van der Waals surface area contributed by atoms with E-state index in [4.69, 9.17) is 0 Å². The summed E-state index contributed by atoms with van der Waals surface area (Å²) in [6.07, 6.45) is 1.66. The van der Waals surface area contributed by atoms with Gasteiger partial charge < -0.3 is 15.1 Å². The van der Waals surface area contributed by atoms with Crippen molar-refractivity contribution in [3.63, 3.8) is 0 Å². The molecule has 0 spiro atoms. The van der Waals surface area contributed by atoms with Gasteiger partial charge in [0.2, 0.25) is 5.95 Å². The molecule has 20 heavy (non-hydrogen) atoms. The summed E-state index contributed by atoms with van der Waals surface area (Å²) in [5.41, 5.74) is 2.18. The van der Waals surface area contributed by atoms with Crippen LogP contribution in [-0.4, -0.2) is 37.0 Å². The van der Waals surface area contributed by atoms with Gasteiger partial charge in [0.25, 0.3) is 5.91 Å². The van der Waals surface area contributed by atoms with Crippen molar-refractivity contribution in [1.82, 2.24) is 9.97 Å². The number of fused-ring (bicyclic) bond motifs is 2. The number of carbonyl (C=O) groups excluding carboxylic acids is 1. The van der Waals surface area contributed by atoms with Crippen LogP contribution in [0.4, 0.5) is 23.1 Å². The Labute approximate surface area is 117 Å². The van der Waals surface area contributed by atoms with Gasteiger partial charge in [-0.15, -0.1) is 0 Å². The molecule has 6 nitrogen and oxygen atoms in total. The lowest BCUT2D eigenvalue weighted by molar-refractivity contribution is 0.0994. The van der Waals surface area contributed by atoms with Gasteiger partial charge in [-0.25, -0.2) is 4.98 Å². The number of carbonyl (C=O) groups is 1. The van der Waals surface area contributed by atoms with Gasteiger partial charge in [0, 0.05) is 21.1 Å². The van der Waals surface area contributed by atoms with Crippen LogP contribution < -0.4 is 15.1 Å². The maximum Gasteiger partial charge on any atom is 0.260 e. The molecule has 1 N–H and O–H groups in total. The van der Waals surface area contributed by atoms with E-state index in [1.54, 1.807) is 25.2 Å². The molecule has 0 fully saturated rings. The van der Waals surface area contributed by atoms with Gasteiger partial charge in [-0.05, 0) is 12.1 Å². The first kappa shape index (κ1) is 12.4. The van der Waals surface area contributed by atoms with Crippen molar-refractivity contribution in [2.24, 2.45) is 0 Å². The zero-order chi connectivity index (χ0) is 14.3. The molecule has 0 saturated carbocycles. The van der Waals surface area contributed by atoms with E-state index in [9.17, 15) is 4.79 Å². The molecule has 1 aliphatic rings. The Kier molecular flexibility index (Phi) is 2.78. The van der Waals surface area contributed by atoms with Gasteiger partial charge in [-0.1, -0.05) is 12.1 Å². The molecule has 1 amide bonds. The molecule has 2 heterocycles. The summed E-state index contributed by atoms with van der Waals surface area (Å²) in [6.45, 7) is 0. The van der Waals surface area contributed by atoms with Crippen LogP contribution >= 0.6 is 0 Å². The van der Waals surface area contributed by atoms with Crippen LogP contribution in [-0.2, 0) is 0 Å². The Hall–Kier alpha value is -2.63. The van der Waals surface area contributed by atoms with Crippen molar-refractivity contribution in [2.45, 2.75) is 0 Å². The molecule has 0 aliphatic carbocycles. The number of aromatic nitrogens is 2. The van der Waals surface area contributed by atoms with Crippen LogP contribution in [0.1, 0.15) is 10.4 Å². The number of nitrogens with one attached hydrogen (secondary N) is 1. The van der Waals surface area contributed by atoms with E-state index in [0.29, 0.717) is 23.0 Å². The summed E-state index contributed by atoms with van der Waals surface area (Å²) in [7, 11) is 5.40. The molecule has 6 heteroatoms. The predicted molar refractivity (Wildman–Crippen MR) is 78.8 cm³/mol. The highest BCUT2D eigenvalue weighted by Gasteiger charge is 2.28. The third-order valence-corrected chi connectivity index (χ3v) is 3.45. The largest absolute Gasteiger partial charge is 0.357 e. The lowest BCUT2D eigenvalue weighted by Gasteiger charge is -2.20. The Morgan fingerprint density at radius 3 is 2.60 bits per heavy atom. The molecule has 1 aliphatic heterocycles. The fourth-order valence-corrected chi connectivity index (χ4v) is 2.32. The number of rotatable bonds is 1. The van der Waals surface area contributed by atoms with Crippen molar-refractivity contribution in [2.75, 3.05) is 36.3 Å². The molecule has 3 rings (SSSR count). The first-order chi connectivity index (χ1) is 9.63. The van der Waals surface area contributed by atoms with Crippen LogP contribution in [0.15, 0.2) is 30.5 Å². The highest BCUT2D eigenvalue weighted by atomic mass is 16.2. The summed E-state index contributed by atoms with van der Waals surface area (Å²) < 4.78 is 0. The minimum absolute atomic E-state index is 0.0630. The van der Waals surface area contributed by atoms with E-state index in [2.05, 4.69) is 15.3 Å². The number of amides is 1. The van der Waals surface area contributed by atoms with Crippen molar-refractivity contribution in [3.05, 3.63) is 36.0 Å². The van der Waals surface area contributed by atoms with Gasteiger partial charge in [0.05, 0.1) is 17.4 Å². The lowest BCUT2D eigenvalue weighted by atomic mass is 10.1. The second-order valence-electron chi connectivity index (χ2n) is 4.59. The second-order valence-corrected chi connectivity index (χ2v) is 4.59. The number of para-hydroxylation sites is 1. The van der Waals surface area contributed by atoms with Crippen LogP contribution in [0.3, 0.4) is 0 Å². The molecule has 0 bridgehead atoms. The predicted octanol–water partition coefficient (Wildman–Crippen LogP) is 1.88. The minimum Gasteiger partial charge on any atom is -0.357 e. The number of hydrogen-bond donors (Lipinski definition) is 1. The third-order valence-electron chi connectivity index (χ3n) is 3.45. The normalized spacial score (nSPS) is 13.7. The highest BCUT2D eigenvalue weighted by Crippen LogP contribution is 2.37. The summed E-state index contributed by atoms with van der Waals surface area (Å²) in [4.78, 5) is 24.7. The zero-order valence-corrected chi connectivity index (χ0v) is 11.6. The van der Waals surface area contributed by atoms with Gasteiger partial charge in [-0.2, -0.15) is 4.98 Å². The molecule has 0 saturated heterocycles. The minimum atomic E-state index is -0.0630. The number of hydrogen-bond acceptors (Lipinski definition) is 5. The highest BCUT2D eigenvalue weighted by molar-refractivity contribution is 6.13. The van der Waals surface area contributed by atoms with E-state index < -0.39 is 0 Å². The monoisotopic (exact) mass is 269 g/mol. The molecule has 0 unspecified atom stereocenters. The van der Waals surface area contributed by atoms with Crippen LogP contribution in [0, 0.1) is 0 Å². The number of anilines is 4. The van der Waals surface area contributed by atoms with Crippen LogP contribution in [0.25, 0.3) is 0 Å². The molecular weight excluding hydrogens is 254 g/mol. The van der Waals surface area contributed by atoms with Gasteiger partial charge in [-0.3, -0.25) is 4.79 Å². The van der Waals surface area contributed by atoms with Crippen LogP contribution in [0.2, 0.25) is 0 Å². The Morgan fingerprint density at radius 1 is 1.10 bits per heavy atom. The van der Waals surface area contributed by atoms with Gasteiger partial charge in [0.1, 0.15) is 5.69 Å². The summed E-state index contributed by atoms with van der Waals surface area (Å²) in [5, 5.41) is 2.92. The Balaban J connectivity index is 2.27. The van der Waals surface area contributed by atoms with E-state index in [1.807, 2.05) is 36.2 Å². The zero-order valence-electron chi connectivity index (χ0n) is 11.6. The summed E-state index contributed by atoms with van der Waals surface area (Å²) in [5.74, 6) is 1.16. The first-order valence-electron chi connectivity index (χ1n) is 6.29. The smallest absolute Gasteiger partial charge is 0.260 e. The molecule has 102 valence electrons. The van der Waals surface area contributed by atoms with Crippen molar-refractivity contribution < 1.29 is 4.79 Å². The van der Waals surface area contributed by atoms with E-state index in [0.717, 1.165) is 5.69 Å². The summed E-state index contributed by atoms with van der Waals surface area (Å²) in [6, 6.07) is 7.51. The van der Waals surface area contributed by atoms with E-state index in [-0.39, 0.29) is 5.91 Å². The fraction of sp³-hybridized carbons (Fsp3) is 0.214. The molecule has 2 aromatic rings. The Morgan fingerprint density at radius 2 is 1.85 bits per heavy atom. The average molecular weight is 269 g/mol. The van der Waals surface area contributed by atoms with Crippen molar-refractivity contribution in [1.29, 1.82) is 0 Å². The maximum absolute atomic E-state index is 12.5. The number of benzene rings is 1. The molecule has 1 aromatic heterocycles. The second kappa shape index (κ2) is 4.48. The lowest BCUT2D eigenvalue weighted by Crippen LogP contribution is -2.25. The molecular formula is C14H15N5O. The first-order valence-corrected chi connectivity index (χ1v) is 6.29. The maximum atomic E-state index is 12.5. The summed E-state index contributed by atoms with van der Waals surface area (Å²) >= 11 is 0. The van der Waals surface area contributed by atoms with E-state index >= 15 is 0 Å². The standard InChI is InChI=1S/C14H15N5O/c1-15-14-16-8-11-12(17-14)18(2)10-7-5-4-6-9(10)13(20)19(11)3/h4-8H,1-3H3,(H,15,16,17).